The predicted octanol–water partition coefficient (Wildman–Crippen LogP) is 17.7. The second-order valence-corrected chi connectivity index (χ2v) is 19.5. The fourth-order valence-electron chi connectivity index (χ4n) is 12.0. The van der Waals surface area contributed by atoms with Gasteiger partial charge in [0, 0.05) is 44.5 Å². The van der Waals surface area contributed by atoms with E-state index in [4.69, 9.17) is 8.53 Å². The van der Waals surface area contributed by atoms with Crippen molar-refractivity contribution >= 4 is 79.2 Å². The first-order valence-corrected chi connectivity index (χ1v) is 25.8. The Kier molecular flexibility index (Phi) is 9.13. The van der Waals surface area contributed by atoms with Gasteiger partial charge >= 0.3 is 0 Å². The minimum Gasteiger partial charge on any atom is -0.454 e. The van der Waals surface area contributed by atoms with Crippen molar-refractivity contribution in [3.05, 3.63) is 285 Å². The second-order valence-electron chi connectivity index (χ2n) is 19.5. The van der Waals surface area contributed by atoms with Crippen molar-refractivity contribution in [3.8, 4) is 66.8 Å². The second kappa shape index (κ2) is 17.9. The number of hydrogen-bond donors (Lipinski definition) is 0. The van der Waals surface area contributed by atoms with Gasteiger partial charge in [0.05, 0.1) is 23.9 Å². The van der Waals surface area contributed by atoms with Crippen molar-refractivity contribution in [3.63, 3.8) is 0 Å². The van der Waals surface area contributed by atoms with Crippen LogP contribution in [0.25, 0.3) is 88.7 Å². The summed E-state index contributed by atoms with van der Waals surface area (Å²) in [6.07, 6.45) is 0. The van der Waals surface area contributed by atoms with Crippen LogP contribution in [0.3, 0.4) is 0 Å². The van der Waals surface area contributed by atoms with E-state index in [0.29, 0.717) is 11.1 Å². The molecule has 13 aromatic rings. The Morgan fingerprint density at radius 3 is 1.42 bits per heavy atom. The number of anilines is 6. The van der Waals surface area contributed by atoms with E-state index in [1.54, 1.807) is 0 Å². The lowest BCUT2D eigenvalue weighted by Gasteiger charge is -2.45. The summed E-state index contributed by atoms with van der Waals surface area (Å²) in [5.41, 5.74) is 20.7. The standard InChI is InChI=1S/C72H47BN2O/c1-7-22-48(23-8-1)54-39-43-68-61(44-54)60-40-42-63-71(72(60)76-68)74(64-37-20-19-34-57(64)51-28-13-4-14-29-51)66-46-56(50-26-11-3-12-27-50)47-67-69(66)73(63)62-41-38-55(49-24-9-2-10-25-49)45-65(62)75(67)70-58(52-30-15-5-16-31-52)35-21-36-59(70)53-32-17-6-18-33-53/h1-47H/i3D,11D,12D,26D,27D. The molecule has 3 heterocycles. The Morgan fingerprint density at radius 1 is 0.316 bits per heavy atom. The molecule has 2 aliphatic rings. The highest BCUT2D eigenvalue weighted by Gasteiger charge is 2.46. The van der Waals surface area contributed by atoms with E-state index >= 15 is 0 Å². The summed E-state index contributed by atoms with van der Waals surface area (Å²) in [6, 6.07) is 87.3. The van der Waals surface area contributed by atoms with E-state index in [2.05, 4.69) is 234 Å². The first kappa shape index (κ1) is 38.7. The third-order valence-corrected chi connectivity index (χ3v) is 15.3. The van der Waals surface area contributed by atoms with Gasteiger partial charge in [-0.15, -0.1) is 0 Å². The molecule has 0 amide bonds. The number of para-hydroxylation sites is 2. The molecule has 0 N–H and O–H groups in total. The SMILES string of the molecule is [2H]c1c([2H])c([2H])c(-c2cc3c4c(c2)N(c2ccccc2-c2ccccc2)c2c(ccc5c2oc2ccc(-c6ccccc6)cc25)B4c2ccc(-c4ccccc4)cc2N3c2c(-c3ccccc3)cccc2-c2ccccc2)c([2H])c1[2H]. The Labute approximate surface area is 450 Å². The van der Waals surface area contributed by atoms with E-state index in [9.17, 15) is 2.74 Å². The van der Waals surface area contributed by atoms with Gasteiger partial charge < -0.3 is 14.2 Å². The molecule has 2 aliphatic heterocycles. The normalized spacial score (nSPS) is 13.3. The van der Waals surface area contributed by atoms with Crippen LogP contribution < -0.4 is 26.2 Å². The molecule has 0 spiro atoms. The van der Waals surface area contributed by atoms with Crippen molar-refractivity contribution in [2.75, 3.05) is 9.80 Å². The van der Waals surface area contributed by atoms with Gasteiger partial charge in [0.2, 0.25) is 0 Å². The molecular weight excluding hydrogens is 920 g/mol. The third-order valence-electron chi connectivity index (χ3n) is 15.3. The lowest BCUT2D eigenvalue weighted by Crippen LogP contribution is -2.61. The smallest absolute Gasteiger partial charge is 0.252 e. The Hall–Kier alpha value is -9.90. The van der Waals surface area contributed by atoms with Crippen molar-refractivity contribution in [2.24, 2.45) is 0 Å². The summed E-state index contributed by atoms with van der Waals surface area (Å²) in [5.74, 6) is 0. The van der Waals surface area contributed by atoms with Crippen molar-refractivity contribution < 1.29 is 11.3 Å². The number of furan rings is 1. The third kappa shape index (κ3) is 7.06. The van der Waals surface area contributed by atoms with E-state index in [1.807, 2.05) is 30.3 Å². The summed E-state index contributed by atoms with van der Waals surface area (Å²) < 4.78 is 53.6. The maximum absolute atomic E-state index is 9.65. The van der Waals surface area contributed by atoms with Crippen LogP contribution in [0.1, 0.15) is 6.85 Å². The highest BCUT2D eigenvalue weighted by Crippen LogP contribution is 2.53. The fourth-order valence-corrected chi connectivity index (χ4v) is 12.0. The lowest BCUT2D eigenvalue weighted by atomic mass is 9.33. The lowest BCUT2D eigenvalue weighted by molar-refractivity contribution is 0.669. The van der Waals surface area contributed by atoms with Gasteiger partial charge in [-0.2, -0.15) is 0 Å². The molecule has 76 heavy (non-hydrogen) atoms. The van der Waals surface area contributed by atoms with Crippen LogP contribution in [0.4, 0.5) is 34.1 Å². The van der Waals surface area contributed by atoms with Crippen LogP contribution >= 0.6 is 0 Å². The fraction of sp³-hybridized carbons (Fsp3) is 0. The van der Waals surface area contributed by atoms with Crippen molar-refractivity contribution in [1.82, 2.24) is 0 Å². The molecule has 0 saturated carbocycles. The van der Waals surface area contributed by atoms with Crippen LogP contribution in [-0.4, -0.2) is 6.71 Å². The molecule has 1 aromatic heterocycles. The summed E-state index contributed by atoms with van der Waals surface area (Å²) >= 11 is 0. The molecule has 354 valence electrons. The Balaban J connectivity index is 1.13. The molecule has 0 unspecified atom stereocenters. The zero-order chi connectivity index (χ0) is 54.5. The topological polar surface area (TPSA) is 19.6 Å². The Bertz CT molecular complexity index is 4560. The van der Waals surface area contributed by atoms with Gasteiger partial charge in [0.15, 0.2) is 5.58 Å². The molecule has 0 saturated heterocycles. The van der Waals surface area contributed by atoms with E-state index in [0.717, 1.165) is 123 Å². The van der Waals surface area contributed by atoms with E-state index < -0.39 is 24.8 Å². The van der Waals surface area contributed by atoms with E-state index in [-0.39, 0.29) is 17.6 Å². The monoisotopic (exact) mass is 971 g/mol. The van der Waals surface area contributed by atoms with Crippen LogP contribution in [-0.2, 0) is 0 Å². The Morgan fingerprint density at radius 2 is 0.803 bits per heavy atom. The minimum atomic E-state index is -0.448. The van der Waals surface area contributed by atoms with Gasteiger partial charge in [-0.3, -0.25) is 0 Å². The molecular formula is C72H47BN2O. The van der Waals surface area contributed by atoms with Crippen molar-refractivity contribution in [1.29, 1.82) is 0 Å². The minimum absolute atomic E-state index is 0.109. The molecule has 0 atom stereocenters. The van der Waals surface area contributed by atoms with Crippen LogP contribution in [0.5, 0.6) is 0 Å². The molecule has 3 nitrogen and oxygen atoms in total. The summed E-state index contributed by atoms with van der Waals surface area (Å²) in [4.78, 5) is 4.73. The number of hydrogen-bond acceptors (Lipinski definition) is 3. The first-order valence-electron chi connectivity index (χ1n) is 28.3. The van der Waals surface area contributed by atoms with Crippen molar-refractivity contribution in [2.45, 2.75) is 0 Å². The highest BCUT2D eigenvalue weighted by atomic mass is 16.3. The number of rotatable bonds is 8. The molecule has 12 aromatic carbocycles. The van der Waals surface area contributed by atoms with Crippen LogP contribution in [0, 0.1) is 0 Å². The van der Waals surface area contributed by atoms with Crippen LogP contribution in [0.15, 0.2) is 289 Å². The summed E-state index contributed by atoms with van der Waals surface area (Å²) in [5, 5.41) is 1.94. The maximum Gasteiger partial charge on any atom is 0.252 e. The molecule has 0 fully saturated rings. The van der Waals surface area contributed by atoms with Gasteiger partial charge in [-0.05, 0) is 103 Å². The average molecular weight is 972 g/mol. The zero-order valence-corrected chi connectivity index (χ0v) is 41.1. The quantitative estimate of drug-likeness (QED) is 0.142. The molecule has 0 aliphatic carbocycles. The van der Waals surface area contributed by atoms with E-state index in [1.165, 1.54) is 0 Å². The zero-order valence-electron chi connectivity index (χ0n) is 46.1. The average Bonchev–Trinajstić information content (AvgIpc) is 3.98. The molecule has 4 heteroatoms. The number of fused-ring (bicyclic) bond motifs is 8. The first-order chi connectivity index (χ1) is 39.8. The summed E-state index contributed by atoms with van der Waals surface area (Å²) in [7, 11) is 0. The predicted molar refractivity (Wildman–Crippen MR) is 320 cm³/mol. The van der Waals surface area contributed by atoms with Gasteiger partial charge in [0.25, 0.3) is 6.71 Å². The van der Waals surface area contributed by atoms with Gasteiger partial charge in [-0.25, -0.2) is 0 Å². The van der Waals surface area contributed by atoms with Gasteiger partial charge in [-0.1, -0.05) is 249 Å². The molecule has 0 radical (unpaired) electrons. The number of benzene rings is 12. The largest absolute Gasteiger partial charge is 0.454 e. The highest BCUT2D eigenvalue weighted by molar-refractivity contribution is 7.00. The van der Waals surface area contributed by atoms with Gasteiger partial charge in [0.1, 0.15) is 5.58 Å². The summed E-state index contributed by atoms with van der Waals surface area (Å²) in [6.45, 7) is -0.392. The molecule has 15 rings (SSSR count). The maximum atomic E-state index is 9.65. The molecule has 0 bridgehead atoms. The van der Waals surface area contributed by atoms with Crippen LogP contribution in [0.2, 0.25) is 0 Å². The number of nitrogens with zero attached hydrogens (tertiary/aromatic N) is 2.